The van der Waals surface area contributed by atoms with Gasteiger partial charge in [0.1, 0.15) is 0 Å². The number of hydrogen-bond donors (Lipinski definition) is 1. The molecule has 1 N–H and O–H groups in total. The van der Waals surface area contributed by atoms with Gasteiger partial charge in [0.25, 0.3) is 0 Å². The summed E-state index contributed by atoms with van der Waals surface area (Å²) in [5, 5.41) is 2.95. The van der Waals surface area contributed by atoms with E-state index in [1.165, 1.54) is 0 Å². The Balaban J connectivity index is 1.95. The van der Waals surface area contributed by atoms with E-state index in [9.17, 15) is 14.4 Å². The number of carbonyl (C=O) groups excluding carboxylic acids is 1. The van der Waals surface area contributed by atoms with Crippen LogP contribution in [-0.2, 0) is 4.79 Å². The van der Waals surface area contributed by atoms with E-state index in [4.69, 9.17) is 0 Å². The summed E-state index contributed by atoms with van der Waals surface area (Å²) < 4.78 is 0. The van der Waals surface area contributed by atoms with Gasteiger partial charge in [-0.3, -0.25) is 14.4 Å². The number of Topliss-reactive ketones (excluding diaryl/α,β-unsaturated/α-hetero) is 1. The Bertz CT molecular complexity index is 696. The molecule has 4 nitrogen and oxygen atoms in total. The lowest BCUT2D eigenvalue weighted by atomic mass is 9.98. The van der Waals surface area contributed by atoms with Crippen LogP contribution in [0.5, 0.6) is 0 Å². The second-order valence-electron chi connectivity index (χ2n) is 4.83. The zero-order valence-corrected chi connectivity index (χ0v) is 10.3. The van der Waals surface area contributed by atoms with Gasteiger partial charge in [-0.1, -0.05) is 30.3 Å². The molecule has 0 spiro atoms. The normalized spacial score (nSPS) is 18.9. The summed E-state index contributed by atoms with van der Waals surface area (Å²) in [7, 11) is 0. The molecule has 0 heterocycles. The summed E-state index contributed by atoms with van der Waals surface area (Å²) in [5.41, 5.74) is 0.444. The molecule has 1 fully saturated rings. The number of rotatable bonds is 3. The third-order valence-electron chi connectivity index (χ3n) is 3.60. The van der Waals surface area contributed by atoms with Crippen molar-refractivity contribution in [3.63, 3.8) is 0 Å². The van der Waals surface area contributed by atoms with Gasteiger partial charge in [0.05, 0.1) is 17.3 Å². The van der Waals surface area contributed by atoms with Crippen molar-refractivity contribution in [3.8, 4) is 11.1 Å². The smallest absolute Gasteiger partial charge is 0.250 e. The van der Waals surface area contributed by atoms with Crippen molar-refractivity contribution in [3.05, 3.63) is 50.8 Å². The van der Waals surface area contributed by atoms with Gasteiger partial charge in [-0.2, -0.15) is 0 Å². The molecular weight excluding hydrogens is 242 g/mol. The molecule has 0 aromatic heterocycles. The van der Waals surface area contributed by atoms with E-state index in [0.717, 1.165) is 18.4 Å². The van der Waals surface area contributed by atoms with Crippen LogP contribution in [-0.4, -0.2) is 11.8 Å². The lowest BCUT2D eigenvalue weighted by molar-refractivity contribution is -0.118. The molecule has 2 aromatic carbocycles. The van der Waals surface area contributed by atoms with Crippen molar-refractivity contribution in [2.75, 3.05) is 5.32 Å². The molecule has 3 rings (SSSR count). The standard InChI is InChI=1S/C15H13NO3/c17-11-8-4-7-10(11)16-13-12(14(18)15(13)19)9-5-2-1-3-6-9/h1-3,5-6,10,16H,4,7-8H2. The van der Waals surface area contributed by atoms with Gasteiger partial charge in [-0.15, -0.1) is 0 Å². The van der Waals surface area contributed by atoms with Crippen molar-refractivity contribution >= 4 is 11.5 Å². The Kier molecular flexibility index (Phi) is 2.78. The number of carbonyl (C=O) groups is 1. The lowest BCUT2D eigenvalue weighted by Crippen LogP contribution is -2.39. The first-order valence-electron chi connectivity index (χ1n) is 6.36. The molecule has 1 aliphatic carbocycles. The van der Waals surface area contributed by atoms with E-state index in [2.05, 4.69) is 5.32 Å². The average molecular weight is 255 g/mol. The van der Waals surface area contributed by atoms with Crippen molar-refractivity contribution < 1.29 is 4.79 Å². The van der Waals surface area contributed by atoms with Crippen LogP contribution in [0.2, 0.25) is 0 Å². The Hall–Kier alpha value is -2.23. The molecular formula is C15H13NO3. The van der Waals surface area contributed by atoms with E-state index in [1.54, 1.807) is 12.1 Å². The Morgan fingerprint density at radius 1 is 1.00 bits per heavy atom. The van der Waals surface area contributed by atoms with Gasteiger partial charge in [0.15, 0.2) is 5.78 Å². The Morgan fingerprint density at radius 2 is 1.74 bits per heavy atom. The van der Waals surface area contributed by atoms with Crippen LogP contribution in [0.4, 0.5) is 5.69 Å². The van der Waals surface area contributed by atoms with Gasteiger partial charge in [0.2, 0.25) is 10.9 Å². The van der Waals surface area contributed by atoms with Crippen LogP contribution >= 0.6 is 0 Å². The molecule has 0 bridgehead atoms. The molecule has 1 unspecified atom stereocenters. The van der Waals surface area contributed by atoms with Crippen molar-refractivity contribution in [2.24, 2.45) is 0 Å². The van der Waals surface area contributed by atoms with Crippen molar-refractivity contribution in [2.45, 2.75) is 25.3 Å². The monoisotopic (exact) mass is 255 g/mol. The molecule has 4 heteroatoms. The number of anilines is 1. The Morgan fingerprint density at radius 3 is 2.37 bits per heavy atom. The first kappa shape index (κ1) is 11.8. The van der Waals surface area contributed by atoms with Crippen LogP contribution in [0.25, 0.3) is 11.1 Å². The van der Waals surface area contributed by atoms with Gasteiger partial charge in [-0.25, -0.2) is 0 Å². The van der Waals surface area contributed by atoms with Crippen LogP contribution in [0, 0.1) is 0 Å². The van der Waals surface area contributed by atoms with Crippen molar-refractivity contribution in [1.29, 1.82) is 0 Å². The van der Waals surface area contributed by atoms with Crippen LogP contribution < -0.4 is 16.2 Å². The lowest BCUT2D eigenvalue weighted by Gasteiger charge is -2.17. The highest BCUT2D eigenvalue weighted by atomic mass is 16.2. The van der Waals surface area contributed by atoms with E-state index in [0.29, 0.717) is 17.7 Å². The van der Waals surface area contributed by atoms with Gasteiger partial charge < -0.3 is 5.32 Å². The fraction of sp³-hybridized carbons (Fsp3) is 0.267. The molecule has 2 aromatic rings. The van der Waals surface area contributed by atoms with Crippen LogP contribution in [0.15, 0.2) is 39.9 Å². The predicted molar refractivity (Wildman–Crippen MR) is 73.1 cm³/mol. The fourth-order valence-corrected chi connectivity index (χ4v) is 2.55. The summed E-state index contributed by atoms with van der Waals surface area (Å²) in [6.45, 7) is 0. The largest absolute Gasteiger partial charge is 0.371 e. The summed E-state index contributed by atoms with van der Waals surface area (Å²) >= 11 is 0. The van der Waals surface area contributed by atoms with Crippen LogP contribution in [0.1, 0.15) is 19.3 Å². The Labute approximate surface area is 109 Å². The minimum absolute atomic E-state index is 0.118. The van der Waals surface area contributed by atoms with Gasteiger partial charge in [-0.05, 0) is 18.4 Å². The topological polar surface area (TPSA) is 63.2 Å². The molecule has 1 saturated carbocycles. The first-order valence-corrected chi connectivity index (χ1v) is 6.36. The molecule has 1 atom stereocenters. The molecule has 96 valence electrons. The molecule has 0 aliphatic heterocycles. The van der Waals surface area contributed by atoms with Gasteiger partial charge >= 0.3 is 0 Å². The average Bonchev–Trinajstić information content (AvgIpc) is 2.84. The van der Waals surface area contributed by atoms with E-state index < -0.39 is 10.9 Å². The number of benzene rings is 1. The van der Waals surface area contributed by atoms with E-state index >= 15 is 0 Å². The third-order valence-corrected chi connectivity index (χ3v) is 3.60. The van der Waals surface area contributed by atoms with E-state index in [-0.39, 0.29) is 11.8 Å². The molecule has 0 saturated heterocycles. The third kappa shape index (κ3) is 1.89. The second kappa shape index (κ2) is 4.46. The molecule has 0 radical (unpaired) electrons. The minimum atomic E-state index is -0.515. The summed E-state index contributed by atoms with van der Waals surface area (Å²) in [6, 6.07) is 8.75. The predicted octanol–water partition coefficient (Wildman–Crippen LogP) is 1.48. The highest BCUT2D eigenvalue weighted by molar-refractivity contribution is 5.91. The van der Waals surface area contributed by atoms with Crippen molar-refractivity contribution in [1.82, 2.24) is 0 Å². The number of ketones is 1. The fourth-order valence-electron chi connectivity index (χ4n) is 2.55. The highest BCUT2D eigenvalue weighted by Crippen LogP contribution is 2.26. The first-order chi connectivity index (χ1) is 9.18. The molecule has 19 heavy (non-hydrogen) atoms. The zero-order valence-electron chi connectivity index (χ0n) is 10.3. The highest BCUT2D eigenvalue weighted by Gasteiger charge is 2.29. The quantitative estimate of drug-likeness (QED) is 0.844. The SMILES string of the molecule is O=C1CCCC1Nc1c(-c2ccccc2)c(=O)c1=O. The van der Waals surface area contributed by atoms with E-state index in [1.807, 2.05) is 18.2 Å². The second-order valence-corrected chi connectivity index (χ2v) is 4.83. The van der Waals surface area contributed by atoms with Gasteiger partial charge in [0, 0.05) is 6.42 Å². The summed E-state index contributed by atoms with van der Waals surface area (Å²) in [5.74, 6) is 0.118. The minimum Gasteiger partial charge on any atom is -0.371 e. The molecule has 1 aliphatic rings. The molecule has 0 amide bonds. The maximum atomic E-state index is 11.7. The summed E-state index contributed by atoms with van der Waals surface area (Å²) in [4.78, 5) is 35.0. The maximum Gasteiger partial charge on any atom is 0.250 e. The number of nitrogens with one attached hydrogen (secondary N) is 1. The number of hydrogen-bond acceptors (Lipinski definition) is 4. The maximum absolute atomic E-state index is 11.7. The van der Waals surface area contributed by atoms with Crippen LogP contribution in [0.3, 0.4) is 0 Å². The summed E-state index contributed by atoms with van der Waals surface area (Å²) in [6.07, 6.45) is 2.12. The zero-order chi connectivity index (χ0) is 13.4.